The highest BCUT2D eigenvalue weighted by Crippen LogP contribution is 2.24. The number of nitrogens with zero attached hydrogens (tertiary/aromatic N) is 2. The van der Waals surface area contributed by atoms with Gasteiger partial charge in [-0.05, 0) is 42.2 Å². The fraction of sp³-hybridized carbons (Fsp3) is 0.267. The van der Waals surface area contributed by atoms with E-state index in [1.807, 2.05) is 6.07 Å². The summed E-state index contributed by atoms with van der Waals surface area (Å²) in [6.07, 6.45) is 1.08. The van der Waals surface area contributed by atoms with Crippen LogP contribution in [0.1, 0.15) is 16.7 Å². The number of anilines is 2. The number of pyridine rings is 1. The van der Waals surface area contributed by atoms with Gasteiger partial charge in [0.25, 0.3) is 0 Å². The third kappa shape index (κ3) is 2.82. The first-order chi connectivity index (χ1) is 8.72. The lowest BCUT2D eigenvalue weighted by molar-refractivity contribution is 0.721. The van der Waals surface area contributed by atoms with E-state index in [2.05, 4.69) is 47.1 Å². The van der Waals surface area contributed by atoms with Crippen LogP contribution >= 0.6 is 12.4 Å². The molecule has 3 nitrogen and oxygen atoms in total. The van der Waals surface area contributed by atoms with E-state index in [0.29, 0.717) is 5.82 Å². The second kappa shape index (κ2) is 5.49. The molecule has 2 N–H and O–H groups in total. The molecule has 3 rings (SSSR count). The van der Waals surface area contributed by atoms with Crippen molar-refractivity contribution < 1.29 is 0 Å². The average molecular weight is 276 g/mol. The highest BCUT2D eigenvalue weighted by Gasteiger charge is 2.17. The number of aromatic nitrogens is 1. The summed E-state index contributed by atoms with van der Waals surface area (Å²) < 4.78 is 0. The summed E-state index contributed by atoms with van der Waals surface area (Å²) in [5.41, 5.74) is 9.83. The minimum Gasteiger partial charge on any atom is -0.384 e. The van der Waals surface area contributed by atoms with Gasteiger partial charge in [0.15, 0.2) is 0 Å². The second-order valence-electron chi connectivity index (χ2n) is 4.87. The third-order valence-corrected chi connectivity index (χ3v) is 3.43. The zero-order valence-corrected chi connectivity index (χ0v) is 11.8. The van der Waals surface area contributed by atoms with Crippen molar-refractivity contribution in [2.45, 2.75) is 19.9 Å². The molecule has 1 aliphatic rings. The Morgan fingerprint density at radius 1 is 1.16 bits per heavy atom. The van der Waals surface area contributed by atoms with Gasteiger partial charge in [-0.15, -0.1) is 12.4 Å². The van der Waals surface area contributed by atoms with Crippen LogP contribution in [0.2, 0.25) is 0 Å². The summed E-state index contributed by atoms with van der Waals surface area (Å²) in [5.74, 6) is 1.59. The monoisotopic (exact) mass is 275 g/mol. The van der Waals surface area contributed by atoms with E-state index in [9.17, 15) is 0 Å². The maximum absolute atomic E-state index is 5.82. The van der Waals surface area contributed by atoms with E-state index in [4.69, 9.17) is 5.73 Å². The maximum atomic E-state index is 5.82. The van der Waals surface area contributed by atoms with Gasteiger partial charge in [-0.25, -0.2) is 4.98 Å². The van der Waals surface area contributed by atoms with Gasteiger partial charge < -0.3 is 10.6 Å². The lowest BCUT2D eigenvalue weighted by Gasteiger charge is -2.30. The predicted octanol–water partition coefficient (Wildman–Crippen LogP) is 2.96. The first kappa shape index (κ1) is 13.7. The largest absolute Gasteiger partial charge is 0.384 e. The summed E-state index contributed by atoms with van der Waals surface area (Å²) in [7, 11) is 0. The number of hydrogen-bond donors (Lipinski definition) is 1. The average Bonchev–Trinajstić information content (AvgIpc) is 2.37. The maximum Gasteiger partial charge on any atom is 0.131 e. The molecule has 0 fully saturated rings. The van der Waals surface area contributed by atoms with Gasteiger partial charge in [-0.1, -0.05) is 24.3 Å². The van der Waals surface area contributed by atoms with Gasteiger partial charge in [0, 0.05) is 13.1 Å². The number of hydrogen-bond acceptors (Lipinski definition) is 3. The third-order valence-electron chi connectivity index (χ3n) is 3.43. The Morgan fingerprint density at radius 3 is 2.63 bits per heavy atom. The van der Waals surface area contributed by atoms with Crippen molar-refractivity contribution in [1.82, 2.24) is 4.98 Å². The van der Waals surface area contributed by atoms with Crippen LogP contribution in [0.15, 0.2) is 36.4 Å². The molecule has 4 heteroatoms. The van der Waals surface area contributed by atoms with Crippen LogP contribution in [0.5, 0.6) is 0 Å². The van der Waals surface area contributed by atoms with Crippen LogP contribution in [-0.2, 0) is 13.0 Å². The number of benzene rings is 1. The fourth-order valence-electron chi connectivity index (χ4n) is 2.53. The Kier molecular flexibility index (Phi) is 3.96. The van der Waals surface area contributed by atoms with Crippen LogP contribution in [0.25, 0.3) is 0 Å². The van der Waals surface area contributed by atoms with E-state index >= 15 is 0 Å². The second-order valence-corrected chi connectivity index (χ2v) is 4.87. The molecular weight excluding hydrogens is 258 g/mol. The number of nitrogen functional groups attached to an aromatic ring is 1. The summed E-state index contributed by atoms with van der Waals surface area (Å²) in [4.78, 5) is 6.73. The van der Waals surface area contributed by atoms with Crippen molar-refractivity contribution in [2.24, 2.45) is 0 Å². The van der Waals surface area contributed by atoms with Crippen LogP contribution in [0.4, 0.5) is 11.6 Å². The Balaban J connectivity index is 0.00000133. The molecule has 1 aromatic carbocycles. The highest BCUT2D eigenvalue weighted by atomic mass is 35.5. The van der Waals surface area contributed by atoms with Gasteiger partial charge in [0.05, 0.1) is 0 Å². The lowest BCUT2D eigenvalue weighted by atomic mass is 10.00. The molecule has 0 unspecified atom stereocenters. The van der Waals surface area contributed by atoms with E-state index in [0.717, 1.165) is 30.9 Å². The molecule has 2 heterocycles. The molecular formula is C15H18ClN3. The molecule has 1 aliphatic heterocycles. The van der Waals surface area contributed by atoms with Gasteiger partial charge in [0.1, 0.15) is 11.6 Å². The standard InChI is InChI=1S/C15H17N3.ClH/c1-11-8-14(16)17-15(9-11)18-7-6-12-4-2-3-5-13(12)10-18;/h2-5,8-9H,6-7,10H2,1H3,(H2,16,17);1H. The molecule has 1 aromatic heterocycles. The SMILES string of the molecule is Cc1cc(N)nc(N2CCc3ccccc3C2)c1.Cl. The van der Waals surface area contributed by atoms with E-state index in [1.54, 1.807) is 0 Å². The van der Waals surface area contributed by atoms with Crippen molar-refractivity contribution in [1.29, 1.82) is 0 Å². The van der Waals surface area contributed by atoms with Crippen molar-refractivity contribution in [3.63, 3.8) is 0 Å². The van der Waals surface area contributed by atoms with Gasteiger partial charge in [-0.3, -0.25) is 0 Å². The van der Waals surface area contributed by atoms with Crippen LogP contribution in [0.3, 0.4) is 0 Å². The Labute approximate surface area is 119 Å². The molecule has 0 saturated carbocycles. The van der Waals surface area contributed by atoms with Crippen LogP contribution < -0.4 is 10.6 Å². The molecule has 0 radical (unpaired) electrons. The number of aryl methyl sites for hydroxylation is 1. The minimum atomic E-state index is 0. The topological polar surface area (TPSA) is 42.1 Å². The van der Waals surface area contributed by atoms with Crippen molar-refractivity contribution in [2.75, 3.05) is 17.2 Å². The first-order valence-corrected chi connectivity index (χ1v) is 6.28. The van der Waals surface area contributed by atoms with Crippen LogP contribution in [-0.4, -0.2) is 11.5 Å². The normalized spacial score (nSPS) is 13.6. The zero-order valence-electron chi connectivity index (χ0n) is 11.0. The Morgan fingerprint density at radius 2 is 1.89 bits per heavy atom. The molecule has 0 bridgehead atoms. The van der Waals surface area contributed by atoms with Crippen molar-refractivity contribution in [3.05, 3.63) is 53.1 Å². The lowest BCUT2D eigenvalue weighted by Crippen LogP contribution is -2.31. The molecule has 0 spiro atoms. The predicted molar refractivity (Wildman–Crippen MR) is 81.8 cm³/mol. The van der Waals surface area contributed by atoms with E-state index < -0.39 is 0 Å². The van der Waals surface area contributed by atoms with Gasteiger partial charge in [0.2, 0.25) is 0 Å². The zero-order chi connectivity index (χ0) is 12.5. The number of fused-ring (bicyclic) bond motifs is 1. The summed E-state index contributed by atoms with van der Waals surface area (Å²) in [5, 5.41) is 0. The van der Waals surface area contributed by atoms with Crippen LogP contribution in [0, 0.1) is 6.92 Å². The number of nitrogens with two attached hydrogens (primary N) is 1. The quantitative estimate of drug-likeness (QED) is 0.870. The van der Waals surface area contributed by atoms with Gasteiger partial charge >= 0.3 is 0 Å². The van der Waals surface area contributed by atoms with Crippen molar-refractivity contribution in [3.8, 4) is 0 Å². The highest BCUT2D eigenvalue weighted by molar-refractivity contribution is 5.85. The smallest absolute Gasteiger partial charge is 0.131 e. The summed E-state index contributed by atoms with van der Waals surface area (Å²) >= 11 is 0. The van der Waals surface area contributed by atoms with Gasteiger partial charge in [-0.2, -0.15) is 0 Å². The molecule has 0 amide bonds. The molecule has 0 saturated heterocycles. The Bertz CT molecular complexity index is 563. The summed E-state index contributed by atoms with van der Waals surface area (Å²) in [6, 6.07) is 12.6. The number of rotatable bonds is 1. The molecule has 19 heavy (non-hydrogen) atoms. The van der Waals surface area contributed by atoms with E-state index in [1.165, 1.54) is 11.1 Å². The Hall–Kier alpha value is -1.74. The van der Waals surface area contributed by atoms with E-state index in [-0.39, 0.29) is 12.4 Å². The fourth-order valence-corrected chi connectivity index (χ4v) is 2.53. The first-order valence-electron chi connectivity index (χ1n) is 6.28. The molecule has 2 aromatic rings. The minimum absolute atomic E-state index is 0. The van der Waals surface area contributed by atoms with Crippen molar-refractivity contribution >= 4 is 24.0 Å². The number of halogens is 1. The molecule has 100 valence electrons. The molecule has 0 aliphatic carbocycles. The summed E-state index contributed by atoms with van der Waals surface area (Å²) in [6.45, 7) is 3.98. The molecule has 0 atom stereocenters.